The number of nitrogens with zero attached hydrogens (tertiary/aromatic N) is 2. The summed E-state index contributed by atoms with van der Waals surface area (Å²) in [5.41, 5.74) is 4.00. The van der Waals surface area contributed by atoms with Gasteiger partial charge in [0, 0.05) is 25.1 Å². The topological polar surface area (TPSA) is 108 Å². The summed E-state index contributed by atoms with van der Waals surface area (Å²) >= 11 is 0. The summed E-state index contributed by atoms with van der Waals surface area (Å²) in [5, 5.41) is 8.40. The van der Waals surface area contributed by atoms with Crippen LogP contribution in [0.1, 0.15) is 29.5 Å². The molecule has 0 saturated heterocycles. The standard InChI is InChI=1S/C21H24N4O4S/c1-14-7-8-15(2)19(11-14)25-20(26)10-9-18(23-25)21(27)22-13-16-5-4-6-17(12-16)24-30(3,28)29/h4-8,11-12,24H,9-10,13H2,1-3H3,(H,22,27). The minimum absolute atomic E-state index is 0.153. The molecule has 8 nitrogen and oxygen atoms in total. The zero-order valence-electron chi connectivity index (χ0n) is 17.1. The Morgan fingerprint density at radius 1 is 1.13 bits per heavy atom. The Bertz CT molecular complexity index is 1130. The van der Waals surface area contributed by atoms with Crippen molar-refractivity contribution in [1.29, 1.82) is 0 Å². The van der Waals surface area contributed by atoms with E-state index in [-0.39, 0.29) is 36.9 Å². The third kappa shape index (κ3) is 5.44. The first kappa shape index (κ1) is 21.5. The molecule has 0 bridgehead atoms. The van der Waals surface area contributed by atoms with Gasteiger partial charge in [0.15, 0.2) is 0 Å². The molecule has 2 N–H and O–H groups in total. The Hall–Kier alpha value is -3.20. The molecule has 30 heavy (non-hydrogen) atoms. The predicted octanol–water partition coefficient (Wildman–Crippen LogP) is 2.47. The van der Waals surface area contributed by atoms with E-state index in [0.29, 0.717) is 11.4 Å². The van der Waals surface area contributed by atoms with Gasteiger partial charge in [0.1, 0.15) is 5.71 Å². The van der Waals surface area contributed by atoms with Crippen LogP contribution in [-0.4, -0.2) is 32.2 Å². The lowest BCUT2D eigenvalue weighted by molar-refractivity contribution is -0.119. The molecule has 0 saturated carbocycles. The molecule has 0 aliphatic carbocycles. The van der Waals surface area contributed by atoms with Crippen molar-refractivity contribution in [3.8, 4) is 0 Å². The number of benzene rings is 2. The molecule has 2 aromatic carbocycles. The van der Waals surface area contributed by atoms with Crippen LogP contribution < -0.4 is 15.0 Å². The monoisotopic (exact) mass is 428 g/mol. The van der Waals surface area contributed by atoms with Gasteiger partial charge in [0.25, 0.3) is 5.91 Å². The molecule has 1 heterocycles. The average molecular weight is 429 g/mol. The van der Waals surface area contributed by atoms with Crippen molar-refractivity contribution in [2.75, 3.05) is 16.0 Å². The van der Waals surface area contributed by atoms with Crippen LogP contribution in [0.4, 0.5) is 11.4 Å². The summed E-state index contributed by atoms with van der Waals surface area (Å²) in [6, 6.07) is 12.5. The lowest BCUT2D eigenvalue weighted by Crippen LogP contribution is -2.39. The zero-order chi connectivity index (χ0) is 21.9. The van der Waals surface area contributed by atoms with Gasteiger partial charge in [-0.3, -0.25) is 14.3 Å². The smallest absolute Gasteiger partial charge is 0.267 e. The first-order valence-electron chi connectivity index (χ1n) is 9.45. The molecule has 3 rings (SSSR count). The van der Waals surface area contributed by atoms with Crippen molar-refractivity contribution in [2.45, 2.75) is 33.2 Å². The number of rotatable bonds is 6. The second-order valence-electron chi connectivity index (χ2n) is 7.30. The van der Waals surface area contributed by atoms with Crippen LogP contribution in [0.2, 0.25) is 0 Å². The van der Waals surface area contributed by atoms with Crippen LogP contribution in [0.5, 0.6) is 0 Å². The van der Waals surface area contributed by atoms with Gasteiger partial charge in [-0.1, -0.05) is 24.3 Å². The summed E-state index contributed by atoms with van der Waals surface area (Å²) in [5.74, 6) is -0.515. The minimum Gasteiger partial charge on any atom is -0.347 e. The number of nitrogens with one attached hydrogen (secondary N) is 2. The quantitative estimate of drug-likeness (QED) is 0.737. The maximum atomic E-state index is 12.6. The highest BCUT2D eigenvalue weighted by atomic mass is 32.2. The molecular weight excluding hydrogens is 404 g/mol. The van der Waals surface area contributed by atoms with Crippen molar-refractivity contribution >= 4 is 38.9 Å². The van der Waals surface area contributed by atoms with Crippen LogP contribution in [0, 0.1) is 13.8 Å². The summed E-state index contributed by atoms with van der Waals surface area (Å²) < 4.78 is 25.2. The van der Waals surface area contributed by atoms with Crippen LogP contribution in [0.15, 0.2) is 47.6 Å². The Labute approximate surface area is 176 Å². The van der Waals surface area contributed by atoms with E-state index in [1.54, 1.807) is 24.3 Å². The van der Waals surface area contributed by atoms with E-state index in [1.807, 2.05) is 32.0 Å². The number of aryl methyl sites for hydroxylation is 2. The molecule has 2 amide bonds. The third-order valence-corrected chi connectivity index (χ3v) is 5.18. The van der Waals surface area contributed by atoms with Crippen LogP contribution in [0.3, 0.4) is 0 Å². The highest BCUT2D eigenvalue weighted by Crippen LogP contribution is 2.25. The molecular formula is C21H24N4O4S. The number of hydrogen-bond donors (Lipinski definition) is 2. The number of anilines is 2. The number of carbonyl (C=O) groups is 2. The number of hydrogen-bond acceptors (Lipinski definition) is 5. The van der Waals surface area contributed by atoms with Crippen molar-refractivity contribution in [1.82, 2.24) is 5.32 Å². The third-order valence-electron chi connectivity index (χ3n) is 4.57. The number of hydrazone groups is 1. The molecule has 2 aromatic rings. The van der Waals surface area contributed by atoms with E-state index in [0.717, 1.165) is 22.9 Å². The Kier molecular flexibility index (Phi) is 6.21. The second-order valence-corrected chi connectivity index (χ2v) is 9.05. The number of amides is 2. The molecule has 0 aromatic heterocycles. The van der Waals surface area contributed by atoms with E-state index in [2.05, 4.69) is 15.1 Å². The summed E-state index contributed by atoms with van der Waals surface area (Å²) in [7, 11) is -3.38. The molecule has 1 aliphatic rings. The predicted molar refractivity (Wildman–Crippen MR) is 117 cm³/mol. The van der Waals surface area contributed by atoms with E-state index >= 15 is 0 Å². The van der Waals surface area contributed by atoms with Gasteiger partial charge in [-0.2, -0.15) is 5.10 Å². The fourth-order valence-corrected chi connectivity index (χ4v) is 3.65. The highest BCUT2D eigenvalue weighted by molar-refractivity contribution is 7.92. The molecule has 0 spiro atoms. The van der Waals surface area contributed by atoms with Crippen molar-refractivity contribution in [3.05, 3.63) is 59.2 Å². The lowest BCUT2D eigenvalue weighted by atomic mass is 10.1. The van der Waals surface area contributed by atoms with Crippen LogP contribution in [0.25, 0.3) is 0 Å². The molecule has 0 fully saturated rings. The molecule has 1 aliphatic heterocycles. The maximum absolute atomic E-state index is 12.6. The van der Waals surface area contributed by atoms with Gasteiger partial charge < -0.3 is 5.32 Å². The van der Waals surface area contributed by atoms with Gasteiger partial charge in [0.05, 0.1) is 11.9 Å². The number of carbonyl (C=O) groups excluding carboxylic acids is 2. The van der Waals surface area contributed by atoms with E-state index in [9.17, 15) is 18.0 Å². The van der Waals surface area contributed by atoms with E-state index in [1.165, 1.54) is 5.01 Å². The fraction of sp³-hybridized carbons (Fsp3) is 0.286. The molecule has 0 radical (unpaired) electrons. The molecule has 0 unspecified atom stereocenters. The first-order chi connectivity index (χ1) is 14.1. The van der Waals surface area contributed by atoms with E-state index < -0.39 is 10.0 Å². The Morgan fingerprint density at radius 2 is 1.90 bits per heavy atom. The van der Waals surface area contributed by atoms with Crippen molar-refractivity contribution in [2.24, 2.45) is 5.10 Å². The molecule has 0 atom stereocenters. The van der Waals surface area contributed by atoms with Crippen LogP contribution in [-0.2, 0) is 26.2 Å². The van der Waals surface area contributed by atoms with Crippen LogP contribution >= 0.6 is 0 Å². The fourth-order valence-electron chi connectivity index (χ4n) is 3.10. The van der Waals surface area contributed by atoms with Gasteiger partial charge in [-0.25, -0.2) is 13.4 Å². The van der Waals surface area contributed by atoms with Gasteiger partial charge in [0.2, 0.25) is 15.9 Å². The minimum atomic E-state index is -3.38. The van der Waals surface area contributed by atoms with Crippen molar-refractivity contribution in [3.63, 3.8) is 0 Å². The summed E-state index contributed by atoms with van der Waals surface area (Å²) in [4.78, 5) is 25.0. The first-order valence-corrected chi connectivity index (χ1v) is 11.3. The van der Waals surface area contributed by atoms with Crippen molar-refractivity contribution < 1.29 is 18.0 Å². The largest absolute Gasteiger partial charge is 0.347 e. The number of sulfonamides is 1. The van der Waals surface area contributed by atoms with Gasteiger partial charge in [-0.15, -0.1) is 0 Å². The Morgan fingerprint density at radius 3 is 2.63 bits per heavy atom. The van der Waals surface area contributed by atoms with Gasteiger partial charge in [-0.05, 0) is 48.7 Å². The highest BCUT2D eigenvalue weighted by Gasteiger charge is 2.26. The zero-order valence-corrected chi connectivity index (χ0v) is 17.9. The SMILES string of the molecule is Cc1ccc(C)c(N2N=C(C(=O)NCc3cccc(NS(C)(=O)=O)c3)CCC2=O)c1. The summed E-state index contributed by atoms with van der Waals surface area (Å²) in [6.45, 7) is 4.03. The average Bonchev–Trinajstić information content (AvgIpc) is 2.67. The summed E-state index contributed by atoms with van der Waals surface area (Å²) in [6.07, 6.45) is 1.54. The van der Waals surface area contributed by atoms with Gasteiger partial charge >= 0.3 is 0 Å². The lowest BCUT2D eigenvalue weighted by Gasteiger charge is -2.24. The second kappa shape index (κ2) is 8.66. The maximum Gasteiger partial charge on any atom is 0.267 e. The Balaban J connectivity index is 1.73. The molecule has 9 heteroatoms. The molecule has 158 valence electrons. The van der Waals surface area contributed by atoms with E-state index in [4.69, 9.17) is 0 Å². The normalized spacial score (nSPS) is 14.3.